The van der Waals surface area contributed by atoms with Crippen molar-refractivity contribution < 1.29 is 14.3 Å². The Morgan fingerprint density at radius 3 is 2.00 bits per heavy atom. The van der Waals surface area contributed by atoms with Gasteiger partial charge in [-0.1, -0.05) is 6.92 Å². The molecule has 0 amide bonds. The first-order valence-electron chi connectivity index (χ1n) is 5.12. The molecule has 0 bridgehead atoms. The zero-order chi connectivity index (χ0) is 11.0. The van der Waals surface area contributed by atoms with Gasteiger partial charge in [0.25, 0.3) is 0 Å². The third kappa shape index (κ3) is 5.12. The maximum absolute atomic E-state index is 10.8. The van der Waals surface area contributed by atoms with E-state index in [-0.39, 0.29) is 5.78 Å². The van der Waals surface area contributed by atoms with Gasteiger partial charge < -0.3 is 9.53 Å². The second-order valence-corrected chi connectivity index (χ2v) is 3.94. The van der Waals surface area contributed by atoms with Crippen molar-refractivity contribution in [2.75, 3.05) is 13.2 Å². The van der Waals surface area contributed by atoms with E-state index in [1.165, 1.54) is 12.8 Å². The number of hydrogen-bond acceptors (Lipinski definition) is 3. The Bertz CT molecular complexity index is 173. The van der Waals surface area contributed by atoms with Crippen LogP contribution in [0.2, 0.25) is 0 Å². The average molecular weight is 200 g/mol. The maximum Gasteiger partial charge on any atom is 0.145 e. The van der Waals surface area contributed by atoms with E-state index in [4.69, 9.17) is 4.74 Å². The molecular weight excluding hydrogens is 180 g/mol. The normalized spacial score (nSPS) is 15.6. The molecule has 0 aromatic carbocycles. The van der Waals surface area contributed by atoms with Crippen LogP contribution in [0.25, 0.3) is 0 Å². The molecule has 0 aliphatic carbocycles. The molecule has 0 N–H and O–H groups in total. The fraction of sp³-hybridized carbons (Fsp3) is 0.818. The molecule has 1 aliphatic heterocycles. The van der Waals surface area contributed by atoms with Crippen molar-refractivity contribution >= 4 is 12.1 Å². The average Bonchev–Trinajstić information content (AvgIpc) is 2.74. The Hall–Kier alpha value is -0.700. The second kappa shape index (κ2) is 6.71. The molecule has 0 radical (unpaired) electrons. The van der Waals surface area contributed by atoms with E-state index in [2.05, 4.69) is 0 Å². The van der Waals surface area contributed by atoms with Crippen molar-refractivity contribution in [1.29, 1.82) is 0 Å². The smallest absolute Gasteiger partial charge is 0.145 e. The third-order valence-corrected chi connectivity index (χ3v) is 2.16. The van der Waals surface area contributed by atoms with Gasteiger partial charge in [-0.3, -0.25) is 4.79 Å². The van der Waals surface area contributed by atoms with Crippen molar-refractivity contribution in [2.24, 2.45) is 5.41 Å². The highest BCUT2D eigenvalue weighted by atomic mass is 16.5. The molecule has 0 atom stereocenters. The van der Waals surface area contributed by atoms with Crippen molar-refractivity contribution in [3.63, 3.8) is 0 Å². The van der Waals surface area contributed by atoms with E-state index in [1.54, 1.807) is 20.8 Å². The Kier molecular flexibility index (Phi) is 6.37. The lowest BCUT2D eigenvalue weighted by Crippen LogP contribution is -2.24. The predicted octanol–water partition coefficient (Wildman–Crippen LogP) is 1.99. The summed E-state index contributed by atoms with van der Waals surface area (Å²) < 4.78 is 4.94. The Morgan fingerprint density at radius 1 is 1.36 bits per heavy atom. The number of carbonyl (C=O) groups excluding carboxylic acids is 2. The van der Waals surface area contributed by atoms with Gasteiger partial charge in [-0.05, 0) is 26.7 Å². The molecule has 1 aliphatic rings. The summed E-state index contributed by atoms with van der Waals surface area (Å²) in [7, 11) is 0. The number of hydrogen-bond donors (Lipinski definition) is 0. The van der Waals surface area contributed by atoms with Gasteiger partial charge in [-0.2, -0.15) is 0 Å². The monoisotopic (exact) mass is 200 g/mol. The Morgan fingerprint density at radius 2 is 1.86 bits per heavy atom. The van der Waals surface area contributed by atoms with Gasteiger partial charge in [0.2, 0.25) is 0 Å². The zero-order valence-corrected chi connectivity index (χ0v) is 9.34. The molecule has 3 heteroatoms. The quantitative estimate of drug-likeness (QED) is 0.517. The van der Waals surface area contributed by atoms with Crippen LogP contribution < -0.4 is 0 Å². The fourth-order valence-electron chi connectivity index (χ4n) is 1.03. The molecule has 0 saturated carbocycles. The van der Waals surface area contributed by atoms with Crippen LogP contribution in [-0.2, 0) is 14.3 Å². The summed E-state index contributed by atoms with van der Waals surface area (Å²) in [5.41, 5.74) is -0.769. The van der Waals surface area contributed by atoms with E-state index in [1.807, 2.05) is 0 Å². The van der Waals surface area contributed by atoms with Gasteiger partial charge in [-0.25, -0.2) is 0 Å². The summed E-state index contributed by atoms with van der Waals surface area (Å²) in [6.45, 7) is 7.02. The van der Waals surface area contributed by atoms with Crippen LogP contribution in [0, 0.1) is 5.41 Å². The lowest BCUT2D eigenvalue weighted by atomic mass is 9.89. The molecule has 14 heavy (non-hydrogen) atoms. The van der Waals surface area contributed by atoms with Gasteiger partial charge in [0.1, 0.15) is 12.1 Å². The number of ether oxygens (including phenoxy) is 1. The van der Waals surface area contributed by atoms with Crippen LogP contribution in [0.1, 0.15) is 40.0 Å². The van der Waals surface area contributed by atoms with Crippen molar-refractivity contribution in [3.8, 4) is 0 Å². The number of ketones is 1. The SMILES string of the molecule is C1CCOC1.CCC(=O)C(C)(C)C=O. The van der Waals surface area contributed by atoms with E-state index in [9.17, 15) is 9.59 Å². The minimum Gasteiger partial charge on any atom is -0.381 e. The standard InChI is InChI=1S/C7H12O2.C4H8O/c1-4-6(9)7(2,3)5-8;1-2-4-5-3-1/h5H,4H2,1-3H3;1-4H2. The van der Waals surface area contributed by atoms with Gasteiger partial charge in [-0.15, -0.1) is 0 Å². The highest BCUT2D eigenvalue weighted by molar-refractivity contribution is 5.96. The minimum absolute atomic E-state index is 0.00231. The first-order chi connectivity index (χ1) is 6.54. The number of carbonyl (C=O) groups is 2. The molecule has 3 nitrogen and oxygen atoms in total. The molecule has 1 saturated heterocycles. The van der Waals surface area contributed by atoms with Crippen molar-refractivity contribution in [1.82, 2.24) is 0 Å². The number of rotatable bonds is 3. The summed E-state index contributed by atoms with van der Waals surface area (Å²) in [6, 6.07) is 0. The lowest BCUT2D eigenvalue weighted by molar-refractivity contribution is -0.132. The summed E-state index contributed by atoms with van der Waals surface area (Å²) in [4.78, 5) is 21.0. The Labute approximate surface area is 85.8 Å². The van der Waals surface area contributed by atoms with E-state index in [0.29, 0.717) is 12.7 Å². The highest BCUT2D eigenvalue weighted by Crippen LogP contribution is 2.13. The summed E-state index contributed by atoms with van der Waals surface area (Å²) in [5.74, 6) is -0.00231. The van der Waals surface area contributed by atoms with E-state index >= 15 is 0 Å². The minimum atomic E-state index is -0.769. The molecular formula is C11H20O3. The zero-order valence-electron chi connectivity index (χ0n) is 9.34. The number of Topliss-reactive ketones (excluding diaryl/α,β-unsaturated/α-hetero) is 1. The van der Waals surface area contributed by atoms with Crippen LogP contribution in [-0.4, -0.2) is 25.3 Å². The number of aldehydes is 1. The van der Waals surface area contributed by atoms with E-state index in [0.717, 1.165) is 13.2 Å². The summed E-state index contributed by atoms with van der Waals surface area (Å²) in [5, 5.41) is 0. The summed E-state index contributed by atoms with van der Waals surface area (Å²) in [6.07, 6.45) is 3.69. The van der Waals surface area contributed by atoms with Crippen LogP contribution in [0.4, 0.5) is 0 Å². The van der Waals surface area contributed by atoms with Gasteiger partial charge in [0.05, 0.1) is 5.41 Å². The first-order valence-corrected chi connectivity index (χ1v) is 5.12. The second-order valence-electron chi connectivity index (χ2n) is 3.94. The van der Waals surface area contributed by atoms with Gasteiger partial charge >= 0.3 is 0 Å². The van der Waals surface area contributed by atoms with Crippen LogP contribution in [0.3, 0.4) is 0 Å². The van der Waals surface area contributed by atoms with Crippen molar-refractivity contribution in [3.05, 3.63) is 0 Å². The van der Waals surface area contributed by atoms with Crippen LogP contribution in [0.5, 0.6) is 0 Å². The van der Waals surface area contributed by atoms with Crippen LogP contribution >= 0.6 is 0 Å². The fourth-order valence-corrected chi connectivity index (χ4v) is 1.03. The molecule has 1 heterocycles. The molecule has 0 aromatic heterocycles. The molecule has 1 rings (SSSR count). The highest BCUT2D eigenvalue weighted by Gasteiger charge is 2.24. The van der Waals surface area contributed by atoms with Gasteiger partial charge in [0.15, 0.2) is 0 Å². The molecule has 82 valence electrons. The summed E-state index contributed by atoms with van der Waals surface area (Å²) >= 11 is 0. The molecule has 0 spiro atoms. The first kappa shape index (κ1) is 13.3. The largest absolute Gasteiger partial charge is 0.381 e. The lowest BCUT2D eigenvalue weighted by Gasteiger charge is -2.12. The van der Waals surface area contributed by atoms with Crippen LogP contribution in [0.15, 0.2) is 0 Å². The maximum atomic E-state index is 10.8. The molecule has 1 fully saturated rings. The Balaban J connectivity index is 0.000000280. The molecule has 0 aromatic rings. The van der Waals surface area contributed by atoms with E-state index < -0.39 is 5.41 Å². The molecule has 0 unspecified atom stereocenters. The van der Waals surface area contributed by atoms with Gasteiger partial charge in [0, 0.05) is 19.6 Å². The topological polar surface area (TPSA) is 43.4 Å². The predicted molar refractivity (Wildman–Crippen MR) is 55.2 cm³/mol. The third-order valence-electron chi connectivity index (χ3n) is 2.16. The van der Waals surface area contributed by atoms with Crippen molar-refractivity contribution in [2.45, 2.75) is 40.0 Å².